The monoisotopic (exact) mass is 774 g/mol. The molecule has 2 aliphatic heterocycles. The molecule has 0 aliphatic carbocycles. The predicted octanol–water partition coefficient (Wildman–Crippen LogP) is 9.84. The number of hydrogen-bond donors (Lipinski definition) is 1. The number of ether oxygens (including phenoxy) is 4. The van der Waals surface area contributed by atoms with Crippen LogP contribution in [-0.2, 0) is 6.67 Å². The third-order valence-corrected chi connectivity index (χ3v) is 9.77. The molecular weight excluding hydrogens is 742 g/mol. The van der Waals surface area contributed by atoms with Crippen LogP contribution in [0.5, 0.6) is 23.0 Å². The van der Waals surface area contributed by atoms with E-state index in [1.165, 1.54) is 55.6 Å². The molecule has 9 nitrogen and oxygen atoms in total. The molecule has 0 saturated carbocycles. The molecule has 1 saturated heterocycles. The zero-order valence-electron chi connectivity index (χ0n) is 29.6. The van der Waals surface area contributed by atoms with E-state index in [0.717, 1.165) is 45.8 Å². The highest BCUT2D eigenvalue weighted by Gasteiger charge is 2.33. The minimum Gasteiger partial charge on any atom is -0.493 e. The van der Waals surface area contributed by atoms with Gasteiger partial charge in [-0.3, -0.25) is 15.1 Å². The van der Waals surface area contributed by atoms with Crippen LogP contribution >= 0.6 is 0 Å². The Morgan fingerprint density at radius 2 is 1.29 bits per heavy atom. The molecule has 1 fully saturated rings. The summed E-state index contributed by atoms with van der Waals surface area (Å²) in [5, 5.41) is 4.96. The number of rotatable bonds is 10. The lowest BCUT2D eigenvalue weighted by Gasteiger charge is -2.20. The van der Waals surface area contributed by atoms with Crippen LogP contribution in [0.4, 0.5) is 32.0 Å². The van der Waals surface area contributed by atoms with E-state index in [-0.39, 0.29) is 36.8 Å². The van der Waals surface area contributed by atoms with Crippen LogP contribution in [0.15, 0.2) is 102 Å². The van der Waals surface area contributed by atoms with Gasteiger partial charge in [-0.1, -0.05) is 36.4 Å². The van der Waals surface area contributed by atoms with E-state index in [4.69, 9.17) is 9.47 Å². The Hall–Kier alpha value is -6.22. The van der Waals surface area contributed by atoms with Crippen LogP contribution in [0, 0.1) is 0 Å². The predicted molar refractivity (Wildman–Crippen MR) is 198 cm³/mol. The molecule has 1 aromatic heterocycles. The Morgan fingerprint density at radius 1 is 0.732 bits per heavy atom. The Kier molecular flexibility index (Phi) is 9.48. The molecule has 56 heavy (non-hydrogen) atoms. The maximum Gasteiger partial charge on any atom is 0.573 e. The summed E-state index contributed by atoms with van der Waals surface area (Å²) in [6.45, 7) is 1.01. The lowest BCUT2D eigenvalue weighted by Crippen LogP contribution is -2.35. The van der Waals surface area contributed by atoms with Crippen molar-refractivity contribution in [3.05, 3.63) is 103 Å². The van der Waals surface area contributed by atoms with Crippen LogP contribution in [0.1, 0.15) is 23.2 Å². The van der Waals surface area contributed by atoms with E-state index in [9.17, 15) is 31.1 Å². The van der Waals surface area contributed by atoms with Crippen molar-refractivity contribution in [3.63, 3.8) is 0 Å². The molecule has 0 radical (unpaired) electrons. The molecule has 1 unspecified atom stereocenters. The molecule has 8 rings (SSSR count). The van der Waals surface area contributed by atoms with Gasteiger partial charge >= 0.3 is 12.7 Å². The average Bonchev–Trinajstić information content (AvgIpc) is 3.73. The number of halogens is 6. The number of benzene rings is 5. The quantitative estimate of drug-likeness (QED) is 0.0848. The van der Waals surface area contributed by atoms with Gasteiger partial charge in [0, 0.05) is 29.6 Å². The number of hydrogen-bond acceptors (Lipinski definition) is 7. The Bertz CT molecular complexity index is 2340. The highest BCUT2D eigenvalue weighted by molar-refractivity contribution is 6.10. The second kappa shape index (κ2) is 14.5. The molecule has 288 valence electrons. The van der Waals surface area contributed by atoms with Gasteiger partial charge < -0.3 is 28.4 Å². The number of nitrogens with one attached hydrogen (secondary N) is 1. The summed E-state index contributed by atoms with van der Waals surface area (Å²) < 4.78 is 98.4. The second-order valence-electron chi connectivity index (χ2n) is 13.2. The summed E-state index contributed by atoms with van der Waals surface area (Å²) in [5.74, 6) is 0.0166. The topological polar surface area (TPSA) is 86.6 Å². The molecule has 2 aliphatic rings. The standard InChI is InChI=1S/C41H32F6N4O5/c1-53-37-19-33-34(49-21-28-3-2-16-50(28)39(33)52)20-38(37)54-23-48-22-51-35-14-8-26(24-4-10-29(11-5-24)55-40(42,43)44)17-31(35)32-18-27(9-15-36(32)51)25-6-12-30(13-7-25)56-41(45,46)47/h4-15,17-21,28,48H,2-3,16,22-23H2,1H3. The smallest absolute Gasteiger partial charge is 0.493 e. The summed E-state index contributed by atoms with van der Waals surface area (Å²) in [4.78, 5) is 19.7. The van der Waals surface area contributed by atoms with Gasteiger partial charge in [0.1, 0.15) is 18.2 Å². The number of carbonyl (C=O) groups is 1. The third kappa shape index (κ3) is 7.54. The minimum atomic E-state index is -4.82. The molecule has 5 aromatic carbocycles. The number of methoxy groups -OCH3 is 1. The third-order valence-electron chi connectivity index (χ3n) is 9.77. The van der Waals surface area contributed by atoms with Gasteiger partial charge in [-0.25, -0.2) is 0 Å². The first kappa shape index (κ1) is 36.7. The number of aliphatic imine (C=N–C) groups is 1. The van der Waals surface area contributed by atoms with E-state index < -0.39 is 12.7 Å². The largest absolute Gasteiger partial charge is 0.573 e. The molecule has 1 N–H and O–H groups in total. The number of amides is 1. The number of nitrogens with zero attached hydrogens (tertiary/aromatic N) is 3. The number of alkyl halides is 6. The van der Waals surface area contributed by atoms with Crippen molar-refractivity contribution in [2.24, 2.45) is 4.99 Å². The van der Waals surface area contributed by atoms with Crippen molar-refractivity contribution >= 4 is 39.6 Å². The van der Waals surface area contributed by atoms with Crippen molar-refractivity contribution in [2.45, 2.75) is 38.3 Å². The van der Waals surface area contributed by atoms with Gasteiger partial charge in [0.25, 0.3) is 5.91 Å². The fourth-order valence-corrected chi connectivity index (χ4v) is 7.24. The van der Waals surface area contributed by atoms with Crippen molar-refractivity contribution in [3.8, 4) is 45.3 Å². The first-order chi connectivity index (χ1) is 26.8. The molecule has 0 spiro atoms. The fourth-order valence-electron chi connectivity index (χ4n) is 7.24. The molecule has 1 amide bonds. The Morgan fingerprint density at radius 3 is 1.82 bits per heavy atom. The van der Waals surface area contributed by atoms with Crippen molar-refractivity contribution in [1.82, 2.24) is 14.8 Å². The van der Waals surface area contributed by atoms with Gasteiger partial charge in [-0.2, -0.15) is 0 Å². The van der Waals surface area contributed by atoms with Gasteiger partial charge in [0.2, 0.25) is 0 Å². The molecular formula is C41H32F6N4O5. The van der Waals surface area contributed by atoms with Crippen molar-refractivity contribution in [1.29, 1.82) is 0 Å². The molecule has 15 heteroatoms. The summed E-state index contributed by atoms with van der Waals surface area (Å²) in [6, 6.07) is 25.9. The van der Waals surface area contributed by atoms with E-state index in [1.807, 2.05) is 45.9 Å². The van der Waals surface area contributed by atoms with E-state index in [1.54, 1.807) is 18.3 Å². The molecule has 0 bridgehead atoms. The highest BCUT2D eigenvalue weighted by atomic mass is 19.4. The van der Waals surface area contributed by atoms with Crippen LogP contribution in [0.25, 0.3) is 44.1 Å². The molecule has 3 heterocycles. The van der Waals surface area contributed by atoms with Crippen LogP contribution in [0.2, 0.25) is 0 Å². The van der Waals surface area contributed by atoms with Crippen LogP contribution < -0.4 is 24.3 Å². The molecule has 6 aromatic rings. The Labute approximate surface area is 315 Å². The lowest BCUT2D eigenvalue weighted by molar-refractivity contribution is -0.275. The zero-order chi connectivity index (χ0) is 39.2. The van der Waals surface area contributed by atoms with Crippen molar-refractivity contribution < 1.29 is 50.1 Å². The van der Waals surface area contributed by atoms with E-state index >= 15 is 0 Å². The van der Waals surface area contributed by atoms with Crippen molar-refractivity contribution in [2.75, 3.05) is 20.4 Å². The SMILES string of the molecule is COc1cc2c(cc1OCNCn1c3ccc(-c4ccc(OC(F)(F)F)cc4)cc3c3cc(-c4ccc(OC(F)(F)F)cc4)ccc31)N=CC1CCCN1C2=O. The fraction of sp³-hybridized carbons (Fsp3) is 0.220. The highest BCUT2D eigenvalue weighted by Crippen LogP contribution is 2.39. The first-order valence-corrected chi connectivity index (χ1v) is 17.5. The summed E-state index contributed by atoms with van der Waals surface area (Å²) in [5.41, 5.74) is 5.40. The van der Waals surface area contributed by atoms with Gasteiger partial charge in [0.15, 0.2) is 11.5 Å². The summed E-state index contributed by atoms with van der Waals surface area (Å²) >= 11 is 0. The second-order valence-corrected chi connectivity index (χ2v) is 13.2. The van der Waals surface area contributed by atoms with Gasteiger partial charge in [-0.15, -0.1) is 26.3 Å². The number of carbonyl (C=O) groups excluding carboxylic acids is 1. The summed E-state index contributed by atoms with van der Waals surface area (Å²) in [6.07, 6.45) is -6.04. The van der Waals surface area contributed by atoms with Gasteiger partial charge in [-0.05, 0) is 89.7 Å². The molecule has 1 atom stereocenters. The van der Waals surface area contributed by atoms with E-state index in [2.05, 4.69) is 19.8 Å². The normalized spacial score (nSPS) is 15.5. The van der Waals surface area contributed by atoms with Crippen LogP contribution in [0.3, 0.4) is 0 Å². The number of aromatic nitrogens is 1. The summed E-state index contributed by atoms with van der Waals surface area (Å²) in [7, 11) is 1.50. The Balaban J connectivity index is 1.09. The van der Waals surface area contributed by atoms with E-state index in [0.29, 0.717) is 40.4 Å². The van der Waals surface area contributed by atoms with Gasteiger partial charge in [0.05, 0.1) is 42.1 Å². The minimum absolute atomic E-state index is 0.0397. The van der Waals surface area contributed by atoms with Crippen LogP contribution in [-0.4, -0.2) is 60.7 Å². The first-order valence-electron chi connectivity index (χ1n) is 17.5. The zero-order valence-corrected chi connectivity index (χ0v) is 29.6. The lowest BCUT2D eigenvalue weighted by atomic mass is 10.00. The maximum absolute atomic E-state index is 13.3. The maximum atomic E-state index is 13.3. The number of fused-ring (bicyclic) bond motifs is 5. The average molecular weight is 775 g/mol.